The summed E-state index contributed by atoms with van der Waals surface area (Å²) in [4.78, 5) is 2.45. The van der Waals surface area contributed by atoms with E-state index < -0.39 is 0 Å². The van der Waals surface area contributed by atoms with Gasteiger partial charge in [-0.3, -0.25) is 4.90 Å². The molecule has 0 amide bonds. The van der Waals surface area contributed by atoms with E-state index in [2.05, 4.69) is 40.5 Å². The SMILES string of the molecule is OC1CNCC1N1CCC(c2ccccc2)C1. The normalized spacial score (nSPS) is 34.3. The third kappa shape index (κ3) is 2.23. The van der Waals surface area contributed by atoms with Crippen molar-refractivity contribution in [2.75, 3.05) is 26.2 Å². The second kappa shape index (κ2) is 4.77. The van der Waals surface area contributed by atoms with E-state index in [1.165, 1.54) is 12.0 Å². The molecule has 2 aliphatic rings. The van der Waals surface area contributed by atoms with Crippen molar-refractivity contribution in [3.63, 3.8) is 0 Å². The maximum absolute atomic E-state index is 9.90. The number of β-amino-alcohol motifs (C(OH)–C–C–N with tert-alkyl or cyclic N) is 1. The quantitative estimate of drug-likeness (QED) is 0.792. The van der Waals surface area contributed by atoms with Crippen LogP contribution in [0.3, 0.4) is 0 Å². The molecule has 0 aliphatic carbocycles. The van der Waals surface area contributed by atoms with Gasteiger partial charge >= 0.3 is 0 Å². The number of nitrogens with one attached hydrogen (secondary N) is 1. The number of nitrogens with zero attached hydrogens (tertiary/aromatic N) is 1. The van der Waals surface area contributed by atoms with Crippen LogP contribution in [-0.4, -0.2) is 48.3 Å². The molecule has 0 bridgehead atoms. The van der Waals surface area contributed by atoms with Crippen LogP contribution in [0.2, 0.25) is 0 Å². The molecule has 17 heavy (non-hydrogen) atoms. The molecule has 0 spiro atoms. The van der Waals surface area contributed by atoms with Crippen molar-refractivity contribution in [2.24, 2.45) is 0 Å². The van der Waals surface area contributed by atoms with E-state index in [0.29, 0.717) is 12.0 Å². The maximum Gasteiger partial charge on any atom is 0.0831 e. The van der Waals surface area contributed by atoms with Gasteiger partial charge in [0.05, 0.1) is 6.10 Å². The van der Waals surface area contributed by atoms with Crippen molar-refractivity contribution in [1.82, 2.24) is 10.2 Å². The Morgan fingerprint density at radius 3 is 2.71 bits per heavy atom. The number of aliphatic hydroxyl groups is 1. The number of rotatable bonds is 2. The molecular formula is C14H20N2O. The predicted molar refractivity (Wildman–Crippen MR) is 68.0 cm³/mol. The van der Waals surface area contributed by atoms with Gasteiger partial charge in [-0.1, -0.05) is 30.3 Å². The first-order valence-corrected chi connectivity index (χ1v) is 6.52. The van der Waals surface area contributed by atoms with Crippen molar-refractivity contribution in [3.05, 3.63) is 35.9 Å². The van der Waals surface area contributed by atoms with E-state index in [-0.39, 0.29) is 6.10 Å². The lowest BCUT2D eigenvalue weighted by atomic mass is 9.99. The molecule has 0 saturated carbocycles. The van der Waals surface area contributed by atoms with Crippen LogP contribution in [0.4, 0.5) is 0 Å². The molecule has 2 saturated heterocycles. The van der Waals surface area contributed by atoms with Crippen molar-refractivity contribution >= 4 is 0 Å². The van der Waals surface area contributed by atoms with Gasteiger partial charge in [0.25, 0.3) is 0 Å². The Morgan fingerprint density at radius 2 is 2.00 bits per heavy atom. The maximum atomic E-state index is 9.90. The standard InChI is InChI=1S/C14H20N2O/c17-14-9-15-8-13(14)16-7-6-12(10-16)11-4-2-1-3-5-11/h1-5,12-15,17H,6-10H2. The van der Waals surface area contributed by atoms with Crippen LogP contribution < -0.4 is 5.32 Å². The summed E-state index contributed by atoms with van der Waals surface area (Å²) < 4.78 is 0. The highest BCUT2D eigenvalue weighted by molar-refractivity contribution is 5.21. The van der Waals surface area contributed by atoms with E-state index in [1.807, 2.05) is 0 Å². The minimum Gasteiger partial charge on any atom is -0.390 e. The third-order valence-electron chi connectivity index (χ3n) is 4.11. The number of likely N-dealkylation sites (tertiary alicyclic amines) is 1. The van der Waals surface area contributed by atoms with E-state index in [9.17, 15) is 5.11 Å². The van der Waals surface area contributed by atoms with Crippen molar-refractivity contribution in [2.45, 2.75) is 24.5 Å². The molecule has 3 heteroatoms. The van der Waals surface area contributed by atoms with E-state index >= 15 is 0 Å². The van der Waals surface area contributed by atoms with Gasteiger partial charge in [-0.25, -0.2) is 0 Å². The molecule has 3 rings (SSSR count). The highest BCUT2D eigenvalue weighted by Crippen LogP contribution is 2.29. The molecule has 2 heterocycles. The summed E-state index contributed by atoms with van der Waals surface area (Å²) in [6.07, 6.45) is 1.03. The van der Waals surface area contributed by atoms with Gasteiger partial charge in [0.1, 0.15) is 0 Å². The number of hydrogen-bond acceptors (Lipinski definition) is 3. The highest BCUT2D eigenvalue weighted by Gasteiger charge is 2.35. The number of hydrogen-bond donors (Lipinski definition) is 2. The second-order valence-electron chi connectivity index (χ2n) is 5.18. The summed E-state index contributed by atoms with van der Waals surface area (Å²) in [5.74, 6) is 0.643. The third-order valence-corrected chi connectivity index (χ3v) is 4.11. The minimum atomic E-state index is -0.190. The highest BCUT2D eigenvalue weighted by atomic mass is 16.3. The largest absolute Gasteiger partial charge is 0.390 e. The summed E-state index contributed by atoms with van der Waals surface area (Å²) >= 11 is 0. The lowest BCUT2D eigenvalue weighted by Crippen LogP contribution is -2.41. The zero-order valence-electron chi connectivity index (χ0n) is 10.0. The molecule has 3 atom stereocenters. The fourth-order valence-electron chi connectivity index (χ4n) is 3.11. The molecule has 3 unspecified atom stereocenters. The van der Waals surface area contributed by atoms with Crippen LogP contribution in [-0.2, 0) is 0 Å². The monoisotopic (exact) mass is 232 g/mol. The molecule has 2 fully saturated rings. The van der Waals surface area contributed by atoms with E-state index in [1.54, 1.807) is 0 Å². The van der Waals surface area contributed by atoms with Crippen LogP contribution in [0.15, 0.2) is 30.3 Å². The van der Waals surface area contributed by atoms with Gasteiger partial charge in [-0.05, 0) is 24.4 Å². The smallest absolute Gasteiger partial charge is 0.0831 e. The summed E-state index contributed by atoms with van der Waals surface area (Å²) in [6.45, 7) is 3.89. The Labute approximate surface area is 102 Å². The lowest BCUT2D eigenvalue weighted by molar-refractivity contribution is 0.0977. The van der Waals surface area contributed by atoms with E-state index in [0.717, 1.165) is 26.2 Å². The fourth-order valence-corrected chi connectivity index (χ4v) is 3.11. The van der Waals surface area contributed by atoms with Crippen LogP contribution in [0.25, 0.3) is 0 Å². The predicted octanol–water partition coefficient (Wildman–Crippen LogP) is 0.809. The molecule has 1 aromatic rings. The first-order valence-electron chi connectivity index (χ1n) is 6.52. The first-order chi connectivity index (χ1) is 8.34. The first kappa shape index (κ1) is 11.2. The topological polar surface area (TPSA) is 35.5 Å². The molecule has 3 nitrogen and oxygen atoms in total. The molecule has 1 aromatic carbocycles. The Bertz CT molecular complexity index is 368. The van der Waals surface area contributed by atoms with Gasteiger partial charge < -0.3 is 10.4 Å². The van der Waals surface area contributed by atoms with Crippen LogP contribution in [0, 0.1) is 0 Å². The van der Waals surface area contributed by atoms with Gasteiger partial charge in [0.15, 0.2) is 0 Å². The van der Waals surface area contributed by atoms with E-state index in [4.69, 9.17) is 0 Å². The number of benzene rings is 1. The molecule has 2 N–H and O–H groups in total. The van der Waals surface area contributed by atoms with Crippen molar-refractivity contribution in [3.8, 4) is 0 Å². The molecule has 2 aliphatic heterocycles. The average Bonchev–Trinajstić information content (AvgIpc) is 2.98. The summed E-state index contributed by atoms with van der Waals surface area (Å²) in [5, 5.41) is 13.2. The summed E-state index contributed by atoms with van der Waals surface area (Å²) in [5.41, 5.74) is 1.44. The molecule has 92 valence electrons. The minimum absolute atomic E-state index is 0.190. The lowest BCUT2D eigenvalue weighted by Gasteiger charge is -2.25. The summed E-state index contributed by atoms with van der Waals surface area (Å²) in [6, 6.07) is 11.1. The van der Waals surface area contributed by atoms with Crippen molar-refractivity contribution < 1.29 is 5.11 Å². The van der Waals surface area contributed by atoms with Gasteiger partial charge in [-0.2, -0.15) is 0 Å². The Morgan fingerprint density at radius 1 is 1.18 bits per heavy atom. The average molecular weight is 232 g/mol. The van der Waals surface area contributed by atoms with Gasteiger partial charge in [0, 0.05) is 25.7 Å². The summed E-state index contributed by atoms with van der Waals surface area (Å²) in [7, 11) is 0. The van der Waals surface area contributed by atoms with Crippen LogP contribution in [0.5, 0.6) is 0 Å². The molecule has 0 aromatic heterocycles. The Hall–Kier alpha value is -0.900. The van der Waals surface area contributed by atoms with Crippen LogP contribution in [0.1, 0.15) is 17.9 Å². The Kier molecular flexibility index (Phi) is 3.14. The van der Waals surface area contributed by atoms with Crippen LogP contribution >= 0.6 is 0 Å². The van der Waals surface area contributed by atoms with Gasteiger partial charge in [-0.15, -0.1) is 0 Å². The Balaban J connectivity index is 1.66. The van der Waals surface area contributed by atoms with Crippen molar-refractivity contribution in [1.29, 1.82) is 0 Å². The molecular weight excluding hydrogens is 212 g/mol. The zero-order valence-corrected chi connectivity index (χ0v) is 10.0. The van der Waals surface area contributed by atoms with Gasteiger partial charge in [0.2, 0.25) is 0 Å². The fraction of sp³-hybridized carbons (Fsp3) is 0.571. The molecule has 0 radical (unpaired) electrons. The second-order valence-corrected chi connectivity index (χ2v) is 5.18. The zero-order chi connectivity index (χ0) is 11.7. The number of aliphatic hydroxyl groups excluding tert-OH is 1.